The molecule has 0 aliphatic carbocycles. The number of halogens is 3. The molecule has 0 radical (unpaired) electrons. The fourth-order valence-corrected chi connectivity index (χ4v) is 2.95. The molecule has 1 N–H and O–H groups in total. The first kappa shape index (κ1) is 16.7. The van der Waals surface area contributed by atoms with E-state index in [4.69, 9.17) is 23.2 Å². The molecule has 110 valence electrons. The van der Waals surface area contributed by atoms with E-state index in [1.54, 1.807) is 30.0 Å². The molecule has 0 unspecified atom stereocenters. The first-order valence-electron chi connectivity index (χ1n) is 6.11. The fourth-order valence-electron chi connectivity index (χ4n) is 1.61. The molecular weight excluding hydrogens is 393 g/mol. The first-order valence-corrected chi connectivity index (χ1v) is 8.82. The Morgan fingerprint density at radius 2 is 1.86 bits per heavy atom. The highest BCUT2D eigenvalue weighted by Crippen LogP contribution is 2.25. The monoisotopic (exact) mass is 403 g/mol. The van der Waals surface area contributed by atoms with Crippen LogP contribution < -0.4 is 5.32 Å². The summed E-state index contributed by atoms with van der Waals surface area (Å²) in [6.45, 7) is 0. The van der Waals surface area contributed by atoms with Gasteiger partial charge in [0.25, 0.3) is 0 Å². The summed E-state index contributed by atoms with van der Waals surface area (Å²) >= 11 is 16.7. The second kappa shape index (κ2) is 8.08. The lowest BCUT2D eigenvalue weighted by Gasteiger charge is -2.06. The molecule has 2 aromatic rings. The van der Waals surface area contributed by atoms with Crippen LogP contribution in [0.3, 0.4) is 0 Å². The third-order valence-corrected chi connectivity index (χ3v) is 5.11. The van der Waals surface area contributed by atoms with Gasteiger partial charge in [-0.15, -0.1) is 11.8 Å². The van der Waals surface area contributed by atoms with Crippen LogP contribution in [-0.2, 0) is 10.5 Å². The number of nitrogens with one attached hydrogen (secondary N) is 1. The summed E-state index contributed by atoms with van der Waals surface area (Å²) in [5.74, 6) is 1.11. The number of carbonyl (C=O) groups is 1. The summed E-state index contributed by atoms with van der Waals surface area (Å²) in [7, 11) is 0. The summed E-state index contributed by atoms with van der Waals surface area (Å²) in [5, 5.41) is 4.11. The number of rotatable bonds is 5. The molecule has 2 nitrogen and oxygen atoms in total. The van der Waals surface area contributed by atoms with Gasteiger partial charge >= 0.3 is 0 Å². The zero-order valence-corrected chi connectivity index (χ0v) is 14.8. The zero-order valence-electron chi connectivity index (χ0n) is 10.9. The number of hydrogen-bond donors (Lipinski definition) is 1. The SMILES string of the molecule is O=C(CSCc1ccc(Cl)cc1)Nc1ccc(Br)c(Cl)c1. The van der Waals surface area contributed by atoms with Gasteiger partial charge < -0.3 is 5.32 Å². The molecule has 0 atom stereocenters. The lowest BCUT2D eigenvalue weighted by atomic mass is 10.2. The summed E-state index contributed by atoms with van der Waals surface area (Å²) < 4.78 is 0.805. The van der Waals surface area contributed by atoms with E-state index in [0.717, 1.165) is 15.8 Å². The minimum absolute atomic E-state index is 0.0487. The van der Waals surface area contributed by atoms with Crippen LogP contribution in [0.25, 0.3) is 0 Å². The van der Waals surface area contributed by atoms with E-state index >= 15 is 0 Å². The second-order valence-corrected chi connectivity index (χ2v) is 6.98. The Balaban J connectivity index is 1.79. The summed E-state index contributed by atoms with van der Waals surface area (Å²) in [6.07, 6.45) is 0. The molecule has 6 heteroatoms. The quantitative estimate of drug-likeness (QED) is 0.699. The Kier molecular flexibility index (Phi) is 6.42. The molecule has 0 saturated heterocycles. The maximum atomic E-state index is 11.8. The van der Waals surface area contributed by atoms with Gasteiger partial charge in [-0.25, -0.2) is 0 Å². The van der Waals surface area contributed by atoms with Gasteiger partial charge in [0.2, 0.25) is 5.91 Å². The minimum atomic E-state index is -0.0487. The highest BCUT2D eigenvalue weighted by Gasteiger charge is 2.05. The molecule has 0 spiro atoms. The molecule has 2 aromatic carbocycles. The molecule has 1 amide bonds. The molecule has 0 bridgehead atoms. The van der Waals surface area contributed by atoms with Crippen molar-refractivity contribution in [3.63, 3.8) is 0 Å². The third-order valence-electron chi connectivity index (χ3n) is 2.62. The zero-order chi connectivity index (χ0) is 15.2. The highest BCUT2D eigenvalue weighted by atomic mass is 79.9. The molecule has 0 fully saturated rings. The Labute approximate surface area is 146 Å². The first-order chi connectivity index (χ1) is 10.0. The average molecular weight is 405 g/mol. The van der Waals surface area contributed by atoms with E-state index < -0.39 is 0 Å². The van der Waals surface area contributed by atoms with Gasteiger partial charge in [-0.3, -0.25) is 4.79 Å². The Morgan fingerprint density at radius 3 is 2.52 bits per heavy atom. The van der Waals surface area contributed by atoms with E-state index in [1.165, 1.54) is 0 Å². The van der Waals surface area contributed by atoms with Crippen LogP contribution in [0.5, 0.6) is 0 Å². The van der Waals surface area contributed by atoms with Crippen LogP contribution in [0, 0.1) is 0 Å². The fraction of sp³-hybridized carbons (Fsp3) is 0.133. The van der Waals surface area contributed by atoms with Crippen LogP contribution in [0.4, 0.5) is 5.69 Å². The van der Waals surface area contributed by atoms with E-state index in [-0.39, 0.29) is 5.91 Å². The number of hydrogen-bond acceptors (Lipinski definition) is 2. The number of amides is 1. The Morgan fingerprint density at radius 1 is 1.14 bits per heavy atom. The molecule has 21 heavy (non-hydrogen) atoms. The number of benzene rings is 2. The van der Waals surface area contributed by atoms with Crippen LogP contribution in [0.15, 0.2) is 46.9 Å². The molecular formula is C15H12BrCl2NOS. The summed E-state index contributed by atoms with van der Waals surface area (Å²) in [4.78, 5) is 11.8. The lowest BCUT2D eigenvalue weighted by Crippen LogP contribution is -2.14. The third kappa shape index (κ3) is 5.55. The van der Waals surface area contributed by atoms with E-state index in [0.29, 0.717) is 21.5 Å². The number of carbonyl (C=O) groups excluding carboxylic acids is 1. The van der Waals surface area contributed by atoms with Gasteiger partial charge in [-0.1, -0.05) is 35.3 Å². The van der Waals surface area contributed by atoms with Crippen molar-refractivity contribution < 1.29 is 4.79 Å². The summed E-state index contributed by atoms with van der Waals surface area (Å²) in [6, 6.07) is 12.9. The van der Waals surface area contributed by atoms with Gasteiger partial charge in [0.15, 0.2) is 0 Å². The smallest absolute Gasteiger partial charge is 0.234 e. The van der Waals surface area contributed by atoms with E-state index in [9.17, 15) is 4.79 Å². The lowest BCUT2D eigenvalue weighted by molar-refractivity contribution is -0.113. The standard InChI is InChI=1S/C15H12BrCl2NOS/c16-13-6-5-12(7-14(13)18)19-15(20)9-21-8-10-1-3-11(17)4-2-10/h1-7H,8-9H2,(H,19,20). The number of anilines is 1. The summed E-state index contributed by atoms with van der Waals surface area (Å²) in [5.41, 5.74) is 1.84. The van der Waals surface area contributed by atoms with Crippen LogP contribution in [0.2, 0.25) is 10.0 Å². The van der Waals surface area contributed by atoms with Crippen LogP contribution >= 0.6 is 50.9 Å². The molecule has 0 aromatic heterocycles. The molecule has 0 aliphatic heterocycles. The maximum absolute atomic E-state index is 11.8. The topological polar surface area (TPSA) is 29.1 Å². The molecule has 0 saturated carbocycles. The van der Waals surface area contributed by atoms with Gasteiger partial charge in [0, 0.05) is 20.9 Å². The van der Waals surface area contributed by atoms with Crippen molar-refractivity contribution in [2.75, 3.05) is 11.1 Å². The second-order valence-electron chi connectivity index (χ2n) is 4.30. The van der Waals surface area contributed by atoms with Crippen LogP contribution in [-0.4, -0.2) is 11.7 Å². The highest BCUT2D eigenvalue weighted by molar-refractivity contribution is 9.10. The average Bonchev–Trinajstić information content (AvgIpc) is 2.45. The van der Waals surface area contributed by atoms with Gasteiger partial charge in [0.1, 0.15) is 0 Å². The molecule has 0 heterocycles. The van der Waals surface area contributed by atoms with Crippen molar-refractivity contribution >= 4 is 62.5 Å². The predicted molar refractivity (Wildman–Crippen MR) is 95.4 cm³/mol. The normalized spacial score (nSPS) is 10.4. The van der Waals surface area contributed by atoms with Gasteiger partial charge in [0.05, 0.1) is 10.8 Å². The van der Waals surface area contributed by atoms with Gasteiger partial charge in [-0.2, -0.15) is 0 Å². The van der Waals surface area contributed by atoms with Gasteiger partial charge in [-0.05, 0) is 51.8 Å². The Hall–Kier alpha value is -0.680. The molecule has 2 rings (SSSR count). The van der Waals surface area contributed by atoms with E-state index in [2.05, 4.69) is 21.2 Å². The Bertz CT molecular complexity index is 634. The minimum Gasteiger partial charge on any atom is -0.325 e. The van der Waals surface area contributed by atoms with Crippen molar-refractivity contribution in [2.45, 2.75) is 5.75 Å². The number of thioether (sulfide) groups is 1. The maximum Gasteiger partial charge on any atom is 0.234 e. The predicted octanol–water partition coefficient (Wildman–Crippen LogP) is 5.63. The van der Waals surface area contributed by atoms with Crippen molar-refractivity contribution in [3.05, 3.63) is 62.5 Å². The van der Waals surface area contributed by atoms with Crippen molar-refractivity contribution in [2.24, 2.45) is 0 Å². The van der Waals surface area contributed by atoms with Crippen LogP contribution in [0.1, 0.15) is 5.56 Å². The molecule has 0 aliphatic rings. The van der Waals surface area contributed by atoms with Crippen molar-refractivity contribution in [1.29, 1.82) is 0 Å². The van der Waals surface area contributed by atoms with E-state index in [1.807, 2.05) is 24.3 Å². The largest absolute Gasteiger partial charge is 0.325 e. The van der Waals surface area contributed by atoms with Crippen molar-refractivity contribution in [1.82, 2.24) is 0 Å². The van der Waals surface area contributed by atoms with Crippen molar-refractivity contribution in [3.8, 4) is 0 Å².